The van der Waals surface area contributed by atoms with Crippen LogP contribution in [0.1, 0.15) is 71.6 Å². The van der Waals surface area contributed by atoms with Crippen LogP contribution in [0.15, 0.2) is 72.8 Å². The molecule has 1 aliphatic carbocycles. The van der Waals surface area contributed by atoms with Gasteiger partial charge in [0.25, 0.3) is 5.91 Å². The Bertz CT molecular complexity index is 1300. The molecule has 1 saturated heterocycles. The number of nitrogen functional groups attached to an aromatic ring is 1. The van der Waals surface area contributed by atoms with Crippen LogP contribution in [0, 0.1) is 11.3 Å². The lowest BCUT2D eigenvalue weighted by atomic mass is 9.91. The number of carbonyl (C=O) groups is 1. The van der Waals surface area contributed by atoms with Crippen molar-refractivity contribution in [3.8, 4) is 5.75 Å². The minimum atomic E-state index is -0.142. The molecule has 1 aliphatic heterocycles. The molecule has 4 N–H and O–H groups in total. The van der Waals surface area contributed by atoms with Crippen LogP contribution in [-0.2, 0) is 4.74 Å². The third kappa shape index (κ3) is 7.34. The Morgan fingerprint density at radius 3 is 2.34 bits per heavy atom. The van der Waals surface area contributed by atoms with Crippen LogP contribution in [0.4, 0.5) is 5.69 Å². The number of amides is 1. The van der Waals surface area contributed by atoms with Crippen LogP contribution in [-0.4, -0.2) is 56.0 Å². The fourth-order valence-electron chi connectivity index (χ4n) is 6.08. The topological polar surface area (TPSA) is 101 Å². The maximum atomic E-state index is 13.5. The third-order valence-electron chi connectivity index (χ3n) is 8.49. The lowest BCUT2D eigenvalue weighted by Crippen LogP contribution is -2.39. The van der Waals surface area contributed by atoms with E-state index in [0.717, 1.165) is 68.8 Å². The van der Waals surface area contributed by atoms with E-state index in [1.54, 1.807) is 25.3 Å². The summed E-state index contributed by atoms with van der Waals surface area (Å²) in [5, 5.41) is 12.2. The highest BCUT2D eigenvalue weighted by Crippen LogP contribution is 2.36. The zero-order valence-electron chi connectivity index (χ0n) is 24.0. The predicted octanol–water partition coefficient (Wildman–Crippen LogP) is 5.84. The van der Waals surface area contributed by atoms with E-state index >= 15 is 0 Å². The summed E-state index contributed by atoms with van der Waals surface area (Å²) in [6.07, 6.45) is 6.79. The highest BCUT2D eigenvalue weighted by atomic mass is 16.5. The van der Waals surface area contributed by atoms with Gasteiger partial charge in [0, 0.05) is 49.1 Å². The molecule has 3 aromatic carbocycles. The van der Waals surface area contributed by atoms with Gasteiger partial charge in [-0.15, -0.1) is 0 Å². The van der Waals surface area contributed by atoms with E-state index in [4.69, 9.17) is 20.6 Å². The second-order valence-corrected chi connectivity index (χ2v) is 11.3. The van der Waals surface area contributed by atoms with E-state index in [2.05, 4.69) is 22.3 Å². The second-order valence-electron chi connectivity index (χ2n) is 11.3. The van der Waals surface area contributed by atoms with E-state index in [9.17, 15) is 4.79 Å². The van der Waals surface area contributed by atoms with Crippen LogP contribution >= 0.6 is 0 Å². The first-order valence-corrected chi connectivity index (χ1v) is 14.8. The molecule has 7 heteroatoms. The van der Waals surface area contributed by atoms with Crippen molar-refractivity contribution in [1.29, 1.82) is 5.41 Å². The average Bonchev–Trinajstić information content (AvgIpc) is 3.55. The fraction of sp³-hybridized carbons (Fsp3) is 0.412. The number of rotatable bonds is 11. The number of carbonyl (C=O) groups excluding carboxylic acids is 1. The number of methoxy groups -OCH3 is 1. The summed E-state index contributed by atoms with van der Waals surface area (Å²) in [5.41, 5.74) is 9.98. The Hall–Kier alpha value is -3.68. The number of nitrogens with two attached hydrogens (primary N) is 1. The standard InChI is InChI=1S/C34H42N4O3/c1-40-22-21-38-19-17-29(18-20-38)41-28-14-11-24(12-15-28)32(36)30-23-27(13-16-31(30)35)34(39)37-33(26-9-5-6-10-26)25-7-3-2-4-8-25/h2-4,7-8,11-16,23,26,29,33,36H,5-6,9-10,17-22,35H2,1H3,(H,37,39). The first kappa shape index (κ1) is 28.8. The summed E-state index contributed by atoms with van der Waals surface area (Å²) in [5.74, 6) is 1.09. The monoisotopic (exact) mass is 554 g/mol. The number of hydrogen-bond donors (Lipinski definition) is 3. The number of nitrogens with one attached hydrogen (secondary N) is 2. The molecule has 216 valence electrons. The fourth-order valence-corrected chi connectivity index (χ4v) is 6.08. The maximum absolute atomic E-state index is 13.5. The molecule has 5 rings (SSSR count). The zero-order chi connectivity index (χ0) is 28.6. The summed E-state index contributed by atoms with van der Waals surface area (Å²) >= 11 is 0. The van der Waals surface area contributed by atoms with Gasteiger partial charge in [-0.1, -0.05) is 43.2 Å². The average molecular weight is 555 g/mol. The van der Waals surface area contributed by atoms with Crippen LogP contribution in [0.5, 0.6) is 5.75 Å². The number of ether oxygens (including phenoxy) is 2. The van der Waals surface area contributed by atoms with Crippen LogP contribution in [0.3, 0.4) is 0 Å². The van der Waals surface area contributed by atoms with Crippen molar-refractivity contribution < 1.29 is 14.3 Å². The molecule has 0 radical (unpaired) electrons. The molecule has 7 nitrogen and oxygen atoms in total. The van der Waals surface area contributed by atoms with E-state index in [0.29, 0.717) is 22.7 Å². The number of nitrogens with zero attached hydrogens (tertiary/aromatic N) is 1. The molecule has 3 aromatic rings. The molecule has 0 aromatic heterocycles. The Kier molecular flexibility index (Phi) is 9.70. The van der Waals surface area contributed by atoms with E-state index < -0.39 is 0 Å². The van der Waals surface area contributed by atoms with Gasteiger partial charge < -0.3 is 25.4 Å². The van der Waals surface area contributed by atoms with Gasteiger partial charge in [0.2, 0.25) is 0 Å². The zero-order valence-corrected chi connectivity index (χ0v) is 24.0. The van der Waals surface area contributed by atoms with Gasteiger partial charge in [-0.25, -0.2) is 0 Å². The van der Waals surface area contributed by atoms with Gasteiger partial charge in [-0.2, -0.15) is 0 Å². The normalized spacial score (nSPS) is 17.3. The molecule has 2 fully saturated rings. The van der Waals surface area contributed by atoms with Crippen molar-refractivity contribution >= 4 is 17.3 Å². The summed E-state index contributed by atoms with van der Waals surface area (Å²) in [4.78, 5) is 15.9. The molecule has 41 heavy (non-hydrogen) atoms. The number of likely N-dealkylation sites (tertiary alicyclic amines) is 1. The van der Waals surface area contributed by atoms with Crippen molar-refractivity contribution in [2.75, 3.05) is 39.1 Å². The molecular weight excluding hydrogens is 512 g/mol. The summed E-state index contributed by atoms with van der Waals surface area (Å²) in [6, 6.07) is 23.0. The minimum Gasteiger partial charge on any atom is -0.490 e. The summed E-state index contributed by atoms with van der Waals surface area (Å²) in [7, 11) is 1.74. The van der Waals surface area contributed by atoms with Crippen molar-refractivity contribution in [1.82, 2.24) is 10.2 Å². The molecular formula is C34H42N4O3. The van der Waals surface area contributed by atoms with E-state index in [1.165, 1.54) is 12.8 Å². The maximum Gasteiger partial charge on any atom is 0.251 e. The Balaban J connectivity index is 1.24. The van der Waals surface area contributed by atoms with Gasteiger partial charge in [0.1, 0.15) is 11.9 Å². The molecule has 1 unspecified atom stereocenters. The Morgan fingerprint density at radius 2 is 1.66 bits per heavy atom. The largest absolute Gasteiger partial charge is 0.490 e. The van der Waals surface area contributed by atoms with Crippen molar-refractivity contribution in [2.24, 2.45) is 5.92 Å². The van der Waals surface area contributed by atoms with Crippen molar-refractivity contribution in [3.63, 3.8) is 0 Å². The molecule has 1 atom stereocenters. The van der Waals surface area contributed by atoms with Crippen LogP contribution < -0.4 is 15.8 Å². The number of hydrogen-bond acceptors (Lipinski definition) is 6. The van der Waals surface area contributed by atoms with Crippen molar-refractivity contribution in [3.05, 3.63) is 95.1 Å². The van der Waals surface area contributed by atoms with Crippen LogP contribution in [0.25, 0.3) is 0 Å². The highest BCUT2D eigenvalue weighted by Gasteiger charge is 2.28. The molecule has 1 heterocycles. The van der Waals surface area contributed by atoms with E-state index in [-0.39, 0.29) is 23.8 Å². The SMILES string of the molecule is COCCN1CCC(Oc2ccc(C(=N)c3cc(C(=O)NC(c4ccccc4)C4CCCC4)ccc3N)cc2)CC1. The molecule has 2 aliphatic rings. The Labute approximate surface area is 243 Å². The van der Waals surface area contributed by atoms with Gasteiger partial charge in [0.05, 0.1) is 18.4 Å². The Morgan fingerprint density at radius 1 is 0.976 bits per heavy atom. The molecule has 1 amide bonds. The lowest BCUT2D eigenvalue weighted by Gasteiger charge is -2.31. The second kappa shape index (κ2) is 13.8. The molecule has 0 bridgehead atoms. The molecule has 0 spiro atoms. The molecule has 1 saturated carbocycles. The first-order chi connectivity index (χ1) is 20.0. The van der Waals surface area contributed by atoms with E-state index in [1.807, 2.05) is 42.5 Å². The number of piperidine rings is 1. The quantitative estimate of drug-likeness (QED) is 0.204. The highest BCUT2D eigenvalue weighted by molar-refractivity contribution is 6.14. The van der Waals surface area contributed by atoms with Crippen molar-refractivity contribution in [2.45, 2.75) is 50.7 Å². The summed E-state index contributed by atoms with van der Waals surface area (Å²) in [6.45, 7) is 3.73. The van der Waals surface area contributed by atoms with Gasteiger partial charge in [0.15, 0.2) is 0 Å². The third-order valence-corrected chi connectivity index (χ3v) is 8.49. The van der Waals surface area contributed by atoms with Gasteiger partial charge >= 0.3 is 0 Å². The van der Waals surface area contributed by atoms with Crippen LogP contribution in [0.2, 0.25) is 0 Å². The minimum absolute atomic E-state index is 0.0307. The number of benzene rings is 3. The van der Waals surface area contributed by atoms with Gasteiger partial charge in [-0.3, -0.25) is 10.2 Å². The first-order valence-electron chi connectivity index (χ1n) is 14.8. The summed E-state index contributed by atoms with van der Waals surface area (Å²) < 4.78 is 11.4. The predicted molar refractivity (Wildman–Crippen MR) is 164 cm³/mol. The smallest absolute Gasteiger partial charge is 0.251 e. The number of anilines is 1. The van der Waals surface area contributed by atoms with Gasteiger partial charge in [-0.05, 0) is 79.6 Å². The lowest BCUT2D eigenvalue weighted by molar-refractivity contribution is 0.0797.